The summed E-state index contributed by atoms with van der Waals surface area (Å²) in [6.07, 6.45) is 0.910. The molecular weight excluding hydrogens is 188 g/mol. The van der Waals surface area contributed by atoms with Crippen LogP contribution in [0.25, 0.3) is 0 Å². The van der Waals surface area contributed by atoms with Gasteiger partial charge in [-0.05, 0) is 18.9 Å². The second-order valence-electron chi connectivity index (χ2n) is 3.71. The van der Waals surface area contributed by atoms with E-state index in [4.69, 9.17) is 5.73 Å². The van der Waals surface area contributed by atoms with E-state index in [2.05, 4.69) is 5.32 Å². The lowest BCUT2D eigenvalue weighted by atomic mass is 10.1. The molecule has 0 bridgehead atoms. The fourth-order valence-corrected chi connectivity index (χ4v) is 1.25. The van der Waals surface area contributed by atoms with E-state index in [0.717, 1.165) is 12.0 Å². The highest BCUT2D eigenvalue weighted by Gasteiger charge is 2.16. The first-order valence-corrected chi connectivity index (χ1v) is 5.26. The average molecular weight is 206 g/mol. The van der Waals surface area contributed by atoms with Crippen LogP contribution in [0.5, 0.6) is 0 Å². The maximum Gasteiger partial charge on any atom is 0.241 e. The fourth-order valence-electron chi connectivity index (χ4n) is 1.25. The van der Waals surface area contributed by atoms with E-state index in [0.29, 0.717) is 0 Å². The summed E-state index contributed by atoms with van der Waals surface area (Å²) in [6.45, 7) is 3.99. The van der Waals surface area contributed by atoms with Gasteiger partial charge in [-0.2, -0.15) is 0 Å². The third-order valence-corrected chi connectivity index (χ3v) is 2.44. The molecule has 0 aliphatic rings. The van der Waals surface area contributed by atoms with E-state index in [1.165, 1.54) is 0 Å². The molecule has 0 heterocycles. The number of carbonyl (C=O) groups excluding carboxylic acids is 1. The Balaban J connectivity index is 2.61. The van der Waals surface area contributed by atoms with Gasteiger partial charge in [-0.15, -0.1) is 0 Å². The zero-order chi connectivity index (χ0) is 11.3. The lowest BCUT2D eigenvalue weighted by Gasteiger charge is -2.16. The van der Waals surface area contributed by atoms with Crippen molar-refractivity contribution < 1.29 is 4.79 Å². The Labute approximate surface area is 90.7 Å². The van der Waals surface area contributed by atoms with Gasteiger partial charge in [0.1, 0.15) is 6.04 Å². The largest absolute Gasteiger partial charge is 0.352 e. The molecule has 0 saturated heterocycles. The van der Waals surface area contributed by atoms with Crippen molar-refractivity contribution in [2.24, 2.45) is 5.73 Å². The van der Waals surface area contributed by atoms with Gasteiger partial charge in [0, 0.05) is 6.04 Å². The summed E-state index contributed by atoms with van der Waals surface area (Å²) in [5, 5.41) is 2.86. The lowest BCUT2D eigenvalue weighted by Crippen LogP contribution is -2.39. The minimum atomic E-state index is -0.569. The molecule has 3 nitrogen and oxygen atoms in total. The van der Waals surface area contributed by atoms with Crippen molar-refractivity contribution in [3.05, 3.63) is 35.9 Å². The molecule has 0 fully saturated rings. The molecule has 82 valence electrons. The maximum absolute atomic E-state index is 11.7. The number of carbonyl (C=O) groups is 1. The Morgan fingerprint density at radius 1 is 1.40 bits per heavy atom. The Bertz CT molecular complexity index is 311. The first-order valence-electron chi connectivity index (χ1n) is 5.26. The topological polar surface area (TPSA) is 55.1 Å². The Morgan fingerprint density at radius 3 is 2.53 bits per heavy atom. The second kappa shape index (κ2) is 5.51. The highest BCUT2D eigenvalue weighted by Crippen LogP contribution is 2.09. The molecular formula is C12H18N2O. The summed E-state index contributed by atoms with van der Waals surface area (Å²) < 4.78 is 0. The molecule has 1 rings (SSSR count). The third-order valence-electron chi connectivity index (χ3n) is 2.44. The number of hydrogen-bond acceptors (Lipinski definition) is 2. The van der Waals surface area contributed by atoms with Crippen LogP contribution in [0.15, 0.2) is 30.3 Å². The second-order valence-corrected chi connectivity index (χ2v) is 3.71. The lowest BCUT2D eigenvalue weighted by molar-refractivity contribution is -0.123. The summed E-state index contributed by atoms with van der Waals surface area (Å²) >= 11 is 0. The van der Waals surface area contributed by atoms with Crippen LogP contribution in [0, 0.1) is 0 Å². The van der Waals surface area contributed by atoms with Crippen LogP contribution in [0.1, 0.15) is 31.9 Å². The Kier molecular flexibility index (Phi) is 4.31. The predicted molar refractivity (Wildman–Crippen MR) is 61.3 cm³/mol. The molecule has 1 aromatic carbocycles. The summed E-state index contributed by atoms with van der Waals surface area (Å²) in [4.78, 5) is 11.7. The van der Waals surface area contributed by atoms with Crippen molar-refractivity contribution in [3.63, 3.8) is 0 Å². The number of benzene rings is 1. The predicted octanol–water partition coefficient (Wildman–Crippen LogP) is 1.60. The van der Waals surface area contributed by atoms with Crippen molar-refractivity contribution >= 4 is 5.91 Å². The van der Waals surface area contributed by atoms with E-state index in [1.54, 1.807) is 0 Å². The SMILES string of the molecule is CCC(C)NC(=O)[C@H](N)c1ccccc1. The first-order chi connectivity index (χ1) is 7.15. The van der Waals surface area contributed by atoms with Gasteiger partial charge < -0.3 is 11.1 Å². The van der Waals surface area contributed by atoms with Gasteiger partial charge >= 0.3 is 0 Å². The van der Waals surface area contributed by atoms with E-state index in [-0.39, 0.29) is 11.9 Å². The number of nitrogens with two attached hydrogens (primary N) is 1. The Hall–Kier alpha value is -1.35. The van der Waals surface area contributed by atoms with E-state index >= 15 is 0 Å². The Morgan fingerprint density at radius 2 is 2.00 bits per heavy atom. The summed E-state index contributed by atoms with van der Waals surface area (Å²) in [6, 6.07) is 8.99. The van der Waals surface area contributed by atoms with Crippen LogP contribution in [-0.2, 0) is 4.79 Å². The molecule has 0 aromatic heterocycles. The monoisotopic (exact) mass is 206 g/mol. The normalized spacial score (nSPS) is 14.3. The first kappa shape index (κ1) is 11.7. The number of hydrogen-bond donors (Lipinski definition) is 2. The molecule has 0 saturated carbocycles. The molecule has 3 heteroatoms. The van der Waals surface area contributed by atoms with Crippen LogP contribution in [0.4, 0.5) is 0 Å². The van der Waals surface area contributed by atoms with Crippen molar-refractivity contribution in [2.45, 2.75) is 32.4 Å². The average Bonchev–Trinajstić information content (AvgIpc) is 2.29. The van der Waals surface area contributed by atoms with E-state index in [1.807, 2.05) is 44.2 Å². The van der Waals surface area contributed by atoms with Crippen LogP contribution >= 0.6 is 0 Å². The van der Waals surface area contributed by atoms with Crippen molar-refractivity contribution in [3.8, 4) is 0 Å². The van der Waals surface area contributed by atoms with Gasteiger partial charge in [0.2, 0.25) is 5.91 Å². The van der Waals surface area contributed by atoms with Gasteiger partial charge in [0.05, 0.1) is 0 Å². The van der Waals surface area contributed by atoms with E-state index < -0.39 is 6.04 Å². The van der Waals surface area contributed by atoms with Gasteiger partial charge in [-0.3, -0.25) is 4.79 Å². The van der Waals surface area contributed by atoms with E-state index in [9.17, 15) is 4.79 Å². The minimum Gasteiger partial charge on any atom is -0.352 e. The standard InChI is InChI=1S/C12H18N2O/c1-3-9(2)14-12(15)11(13)10-7-5-4-6-8-10/h4-9,11H,3,13H2,1-2H3,(H,14,15)/t9?,11-/m1/s1. The van der Waals surface area contributed by atoms with Gasteiger partial charge in [0.15, 0.2) is 0 Å². The molecule has 1 amide bonds. The zero-order valence-electron chi connectivity index (χ0n) is 9.23. The molecule has 0 radical (unpaired) electrons. The molecule has 1 aromatic rings. The summed E-state index contributed by atoms with van der Waals surface area (Å²) in [7, 11) is 0. The summed E-state index contributed by atoms with van der Waals surface area (Å²) in [5.74, 6) is -0.115. The van der Waals surface area contributed by atoms with Crippen molar-refractivity contribution in [1.29, 1.82) is 0 Å². The van der Waals surface area contributed by atoms with Crippen LogP contribution in [0.3, 0.4) is 0 Å². The quantitative estimate of drug-likeness (QED) is 0.786. The smallest absolute Gasteiger partial charge is 0.241 e. The minimum absolute atomic E-state index is 0.115. The molecule has 3 N–H and O–H groups in total. The highest BCUT2D eigenvalue weighted by molar-refractivity contribution is 5.83. The molecule has 0 spiro atoms. The zero-order valence-corrected chi connectivity index (χ0v) is 9.23. The van der Waals surface area contributed by atoms with Crippen LogP contribution in [0.2, 0.25) is 0 Å². The van der Waals surface area contributed by atoms with Gasteiger partial charge in [0.25, 0.3) is 0 Å². The molecule has 1 unspecified atom stereocenters. The summed E-state index contributed by atoms with van der Waals surface area (Å²) in [5.41, 5.74) is 6.68. The molecule has 0 aliphatic carbocycles. The van der Waals surface area contributed by atoms with Crippen molar-refractivity contribution in [1.82, 2.24) is 5.32 Å². The fraction of sp³-hybridized carbons (Fsp3) is 0.417. The van der Waals surface area contributed by atoms with Gasteiger partial charge in [-0.1, -0.05) is 37.3 Å². The number of amides is 1. The van der Waals surface area contributed by atoms with Crippen LogP contribution in [-0.4, -0.2) is 11.9 Å². The molecule has 0 aliphatic heterocycles. The number of nitrogens with one attached hydrogen (secondary N) is 1. The maximum atomic E-state index is 11.7. The third kappa shape index (κ3) is 3.36. The molecule has 2 atom stereocenters. The van der Waals surface area contributed by atoms with Gasteiger partial charge in [-0.25, -0.2) is 0 Å². The number of rotatable bonds is 4. The molecule has 15 heavy (non-hydrogen) atoms. The highest BCUT2D eigenvalue weighted by atomic mass is 16.2. The van der Waals surface area contributed by atoms with Crippen molar-refractivity contribution in [2.75, 3.05) is 0 Å². The van der Waals surface area contributed by atoms with Crippen LogP contribution < -0.4 is 11.1 Å².